The van der Waals surface area contributed by atoms with Gasteiger partial charge in [-0.1, -0.05) is 17.7 Å². The number of hydrogen-bond donors (Lipinski definition) is 1. The lowest BCUT2D eigenvalue weighted by Gasteiger charge is -2.13. The van der Waals surface area contributed by atoms with Gasteiger partial charge in [0.1, 0.15) is 11.8 Å². The number of aromatic nitrogens is 1. The Morgan fingerprint density at radius 2 is 1.76 bits per heavy atom. The van der Waals surface area contributed by atoms with Crippen LogP contribution in [-0.2, 0) is 6.18 Å². The zero-order valence-electron chi connectivity index (χ0n) is 17.7. The van der Waals surface area contributed by atoms with Gasteiger partial charge in [0.15, 0.2) is 5.82 Å². The van der Waals surface area contributed by atoms with Crippen LogP contribution in [0.3, 0.4) is 0 Å². The molecule has 1 heterocycles. The minimum absolute atomic E-state index is 0.0733. The van der Waals surface area contributed by atoms with Crippen LogP contribution in [0.25, 0.3) is 0 Å². The first-order chi connectivity index (χ1) is 15.5. The van der Waals surface area contributed by atoms with Crippen molar-refractivity contribution >= 4 is 28.6 Å². The summed E-state index contributed by atoms with van der Waals surface area (Å²) in [5.41, 5.74) is 0.136. The van der Waals surface area contributed by atoms with E-state index in [0.717, 1.165) is 17.7 Å². The average Bonchev–Trinajstić information content (AvgIpc) is 2.74. The summed E-state index contributed by atoms with van der Waals surface area (Å²) in [5.74, 6) is 0.201. The van der Waals surface area contributed by atoms with Gasteiger partial charge in [-0.15, -0.1) is 10.2 Å². The molecule has 0 aliphatic carbocycles. The Hall–Kier alpha value is -4.33. The van der Waals surface area contributed by atoms with Crippen LogP contribution in [0.2, 0.25) is 0 Å². The number of rotatable bonds is 5. The molecule has 1 aromatic heterocycles. The number of aryl methyl sites for hydroxylation is 2. The number of azo groups is 1. The molecule has 11 heteroatoms. The number of nitrogens with one attached hydrogen (secondary N) is 1. The number of nitro groups is 1. The summed E-state index contributed by atoms with van der Waals surface area (Å²) in [4.78, 5) is 14.3. The van der Waals surface area contributed by atoms with Crippen LogP contribution in [0.4, 0.5) is 41.7 Å². The van der Waals surface area contributed by atoms with Gasteiger partial charge in [-0.2, -0.15) is 18.4 Å². The van der Waals surface area contributed by atoms with E-state index in [1.54, 1.807) is 26.0 Å². The van der Waals surface area contributed by atoms with Crippen molar-refractivity contribution in [2.75, 3.05) is 5.32 Å². The van der Waals surface area contributed by atoms with Crippen LogP contribution in [0.1, 0.15) is 27.9 Å². The smallest absolute Gasteiger partial charge is 0.338 e. The third-order valence-corrected chi connectivity index (χ3v) is 4.78. The lowest BCUT2D eigenvalue weighted by atomic mass is 10.1. The third kappa shape index (κ3) is 5.12. The number of nitriles is 1. The van der Waals surface area contributed by atoms with Gasteiger partial charge in [0.2, 0.25) is 0 Å². The van der Waals surface area contributed by atoms with Gasteiger partial charge in [-0.25, -0.2) is 4.98 Å². The monoisotopic (exact) mass is 454 g/mol. The number of anilines is 2. The highest BCUT2D eigenvalue weighted by Crippen LogP contribution is 2.40. The van der Waals surface area contributed by atoms with Crippen molar-refractivity contribution in [3.05, 3.63) is 80.5 Å². The van der Waals surface area contributed by atoms with Gasteiger partial charge in [0, 0.05) is 17.8 Å². The molecule has 33 heavy (non-hydrogen) atoms. The van der Waals surface area contributed by atoms with Gasteiger partial charge in [-0.05, 0) is 44.5 Å². The van der Waals surface area contributed by atoms with Crippen LogP contribution < -0.4 is 5.32 Å². The predicted octanol–water partition coefficient (Wildman–Crippen LogP) is 6.96. The van der Waals surface area contributed by atoms with Crippen molar-refractivity contribution in [3.8, 4) is 6.07 Å². The molecule has 0 aliphatic rings. The minimum Gasteiger partial charge on any atom is -0.338 e. The molecule has 0 atom stereocenters. The van der Waals surface area contributed by atoms with Crippen molar-refractivity contribution in [1.82, 2.24) is 4.98 Å². The normalized spacial score (nSPS) is 11.4. The van der Waals surface area contributed by atoms with Gasteiger partial charge in [-0.3, -0.25) is 10.1 Å². The summed E-state index contributed by atoms with van der Waals surface area (Å²) in [6.45, 7) is 5.13. The molecule has 0 bridgehead atoms. The molecule has 1 N–H and O–H groups in total. The Balaban J connectivity index is 2.13. The molecule has 0 fully saturated rings. The molecule has 0 aliphatic heterocycles. The van der Waals surface area contributed by atoms with E-state index < -0.39 is 28.0 Å². The quantitative estimate of drug-likeness (QED) is 0.254. The summed E-state index contributed by atoms with van der Waals surface area (Å²) in [7, 11) is 0. The summed E-state index contributed by atoms with van der Waals surface area (Å²) < 4.78 is 40.4. The van der Waals surface area contributed by atoms with Gasteiger partial charge in [0.05, 0.1) is 27.4 Å². The lowest BCUT2D eigenvalue weighted by Crippen LogP contribution is -2.06. The lowest BCUT2D eigenvalue weighted by molar-refractivity contribution is -0.385. The predicted molar refractivity (Wildman–Crippen MR) is 115 cm³/mol. The number of benzene rings is 2. The van der Waals surface area contributed by atoms with E-state index in [1.807, 2.05) is 25.1 Å². The molecule has 0 saturated carbocycles. The van der Waals surface area contributed by atoms with E-state index in [4.69, 9.17) is 0 Å². The fraction of sp³-hybridized carbons (Fsp3) is 0.182. The zero-order chi connectivity index (χ0) is 24.3. The van der Waals surface area contributed by atoms with E-state index in [9.17, 15) is 28.5 Å². The molecule has 0 saturated heterocycles. The molecule has 0 amide bonds. The topological polar surface area (TPSA) is 117 Å². The highest BCUT2D eigenvalue weighted by Gasteiger charge is 2.35. The van der Waals surface area contributed by atoms with E-state index in [2.05, 4.69) is 20.5 Å². The second kappa shape index (κ2) is 9.04. The molecular formula is C22H17F3N6O2. The highest BCUT2D eigenvalue weighted by molar-refractivity contribution is 5.74. The fourth-order valence-electron chi connectivity index (χ4n) is 3.05. The largest absolute Gasteiger partial charge is 0.418 e. The molecule has 8 nitrogen and oxygen atoms in total. The number of nitro benzene ring substituents is 1. The maximum atomic E-state index is 13.5. The first kappa shape index (κ1) is 23.3. The summed E-state index contributed by atoms with van der Waals surface area (Å²) >= 11 is 0. The molecule has 3 aromatic rings. The van der Waals surface area contributed by atoms with Gasteiger partial charge in [0.25, 0.3) is 5.69 Å². The molecule has 2 aromatic carbocycles. The van der Waals surface area contributed by atoms with Crippen LogP contribution in [0, 0.1) is 42.2 Å². The zero-order valence-corrected chi connectivity index (χ0v) is 17.7. The van der Waals surface area contributed by atoms with Crippen molar-refractivity contribution < 1.29 is 18.1 Å². The first-order valence-electron chi connectivity index (χ1n) is 9.53. The molecule has 0 spiro atoms. The Kier molecular flexibility index (Phi) is 6.39. The standard InChI is InChI=1S/C22H17F3N6O2/c1-12-4-6-15(7-5-12)28-21-20(13(2)17(11-26)14(3)27-21)30-29-19-9-8-16(31(32)33)10-18(19)22(23,24)25/h4-10H,1-3H3,(H,27,28). The second-order valence-electron chi connectivity index (χ2n) is 7.15. The van der Waals surface area contributed by atoms with E-state index in [1.165, 1.54) is 0 Å². The SMILES string of the molecule is Cc1ccc(Nc2nc(C)c(C#N)c(C)c2N=Nc2ccc([N+](=O)[O-])cc2C(F)(F)F)cc1. The number of hydrogen-bond acceptors (Lipinski definition) is 7. The van der Waals surface area contributed by atoms with Crippen molar-refractivity contribution in [1.29, 1.82) is 5.26 Å². The molecule has 3 rings (SSSR count). The second-order valence-corrected chi connectivity index (χ2v) is 7.15. The molecule has 168 valence electrons. The highest BCUT2D eigenvalue weighted by atomic mass is 19.4. The summed E-state index contributed by atoms with van der Waals surface area (Å²) in [6.07, 6.45) is -4.89. The van der Waals surface area contributed by atoms with E-state index >= 15 is 0 Å². The fourth-order valence-corrected chi connectivity index (χ4v) is 3.05. The number of pyridine rings is 1. The van der Waals surface area contributed by atoms with Crippen LogP contribution in [0.5, 0.6) is 0 Å². The maximum Gasteiger partial charge on any atom is 0.418 e. The maximum absolute atomic E-state index is 13.5. The van der Waals surface area contributed by atoms with Crippen molar-refractivity contribution in [2.45, 2.75) is 26.9 Å². The average molecular weight is 454 g/mol. The van der Waals surface area contributed by atoms with Crippen molar-refractivity contribution in [3.63, 3.8) is 0 Å². The Morgan fingerprint density at radius 3 is 2.33 bits per heavy atom. The Morgan fingerprint density at radius 1 is 1.09 bits per heavy atom. The number of nitrogens with zero attached hydrogens (tertiary/aromatic N) is 5. The molecular weight excluding hydrogens is 437 g/mol. The summed E-state index contributed by atoms with van der Waals surface area (Å²) in [6, 6.07) is 11.5. The first-order valence-corrected chi connectivity index (χ1v) is 9.53. The number of non-ortho nitro benzene ring substituents is 1. The number of alkyl halides is 3. The van der Waals surface area contributed by atoms with Gasteiger partial charge >= 0.3 is 6.18 Å². The molecule has 0 unspecified atom stereocenters. The summed E-state index contributed by atoms with van der Waals surface area (Å²) in [5, 5.41) is 31.1. The van der Waals surface area contributed by atoms with Crippen LogP contribution in [0.15, 0.2) is 52.7 Å². The third-order valence-electron chi connectivity index (χ3n) is 4.78. The van der Waals surface area contributed by atoms with Crippen LogP contribution in [-0.4, -0.2) is 9.91 Å². The number of halogens is 3. The van der Waals surface area contributed by atoms with Crippen molar-refractivity contribution in [2.24, 2.45) is 10.2 Å². The minimum atomic E-state index is -4.89. The van der Waals surface area contributed by atoms with Gasteiger partial charge < -0.3 is 5.32 Å². The van der Waals surface area contributed by atoms with E-state index in [-0.39, 0.29) is 17.1 Å². The molecule has 0 radical (unpaired) electrons. The Labute approximate surface area is 186 Å². The van der Waals surface area contributed by atoms with E-state index in [0.29, 0.717) is 23.0 Å². The Bertz CT molecular complexity index is 1300. The van der Waals surface area contributed by atoms with Crippen LogP contribution >= 0.6 is 0 Å².